The number of nitrogens with one attached hydrogen (secondary N) is 1. The zero-order valence-corrected chi connectivity index (χ0v) is 19.7. The molecule has 0 aliphatic carbocycles. The molecule has 180 valence electrons. The summed E-state index contributed by atoms with van der Waals surface area (Å²) in [6.45, 7) is 1.98. The third kappa shape index (κ3) is 5.32. The molecule has 2 aliphatic rings. The zero-order chi connectivity index (χ0) is 24.0. The predicted molar refractivity (Wildman–Crippen MR) is 133 cm³/mol. The second kappa shape index (κ2) is 10.6. The summed E-state index contributed by atoms with van der Waals surface area (Å²) < 4.78 is 11.6. The molecule has 6 nitrogen and oxygen atoms in total. The Balaban J connectivity index is 1.34. The van der Waals surface area contributed by atoms with Gasteiger partial charge in [-0.05, 0) is 48.2 Å². The first-order chi connectivity index (χ1) is 17.2. The number of hydrogen-bond acceptors (Lipinski definition) is 4. The number of benzene rings is 3. The Morgan fingerprint density at radius 3 is 2.37 bits per heavy atom. The Morgan fingerprint density at radius 1 is 0.886 bits per heavy atom. The van der Waals surface area contributed by atoms with E-state index >= 15 is 0 Å². The first kappa shape index (κ1) is 23.0. The summed E-state index contributed by atoms with van der Waals surface area (Å²) in [4.78, 5) is 28.5. The second-order valence-electron chi connectivity index (χ2n) is 9.01. The number of likely N-dealkylation sites (tertiary alicyclic amines) is 1. The number of carbonyl (C=O) groups excluding carboxylic acids is 2. The monoisotopic (exact) mass is 470 g/mol. The van der Waals surface area contributed by atoms with Crippen LogP contribution in [0.4, 0.5) is 0 Å². The Labute approximate surface area is 205 Å². The first-order valence-electron chi connectivity index (χ1n) is 12.3. The number of carbonyl (C=O) groups is 2. The molecule has 2 aliphatic heterocycles. The molecular formula is C29H30N2O4. The molecule has 0 bridgehead atoms. The second-order valence-corrected chi connectivity index (χ2v) is 9.01. The van der Waals surface area contributed by atoms with Crippen LogP contribution in [0.5, 0.6) is 11.5 Å². The standard InChI is InChI=1S/C29H30N2O4/c32-28(20-24(21-9-3-1-4-10-21)30-29(33)22-11-5-2-6-12-22)31-16-7-13-25(31)23-14-15-26-27(19-23)35-18-8-17-34-26/h1-6,9-12,14-15,19,24-25H,7-8,13,16-18,20H2,(H,30,33)/t24-,25-/m1/s1. The van der Waals surface area contributed by atoms with Gasteiger partial charge in [-0.25, -0.2) is 0 Å². The van der Waals surface area contributed by atoms with E-state index < -0.39 is 6.04 Å². The molecule has 1 saturated heterocycles. The molecule has 5 rings (SSSR count). The molecule has 2 amide bonds. The van der Waals surface area contributed by atoms with Gasteiger partial charge in [0.15, 0.2) is 11.5 Å². The van der Waals surface area contributed by atoms with Crippen molar-refractivity contribution in [1.29, 1.82) is 0 Å². The van der Waals surface area contributed by atoms with Crippen LogP contribution in [0, 0.1) is 0 Å². The van der Waals surface area contributed by atoms with E-state index in [0.717, 1.165) is 41.9 Å². The van der Waals surface area contributed by atoms with E-state index in [2.05, 4.69) is 5.32 Å². The van der Waals surface area contributed by atoms with Gasteiger partial charge in [-0.2, -0.15) is 0 Å². The normalized spacial score (nSPS) is 17.9. The Kier molecular flexibility index (Phi) is 6.98. The van der Waals surface area contributed by atoms with Crippen LogP contribution in [0.1, 0.15) is 59.3 Å². The first-order valence-corrected chi connectivity index (χ1v) is 12.3. The van der Waals surface area contributed by atoms with Crippen molar-refractivity contribution >= 4 is 11.8 Å². The minimum Gasteiger partial charge on any atom is -0.490 e. The van der Waals surface area contributed by atoms with Crippen LogP contribution >= 0.6 is 0 Å². The molecule has 0 radical (unpaired) electrons. The topological polar surface area (TPSA) is 67.9 Å². The van der Waals surface area contributed by atoms with E-state index in [9.17, 15) is 9.59 Å². The predicted octanol–water partition coefficient (Wildman–Crippen LogP) is 5.07. The summed E-state index contributed by atoms with van der Waals surface area (Å²) in [6.07, 6.45) is 2.90. The fourth-order valence-corrected chi connectivity index (χ4v) is 4.86. The van der Waals surface area contributed by atoms with E-state index in [4.69, 9.17) is 9.47 Å². The van der Waals surface area contributed by atoms with Gasteiger partial charge < -0.3 is 19.7 Å². The van der Waals surface area contributed by atoms with Gasteiger partial charge in [0.2, 0.25) is 5.91 Å². The van der Waals surface area contributed by atoms with E-state index in [-0.39, 0.29) is 24.3 Å². The smallest absolute Gasteiger partial charge is 0.251 e. The lowest BCUT2D eigenvalue weighted by Gasteiger charge is -2.28. The van der Waals surface area contributed by atoms with Crippen LogP contribution in [-0.4, -0.2) is 36.5 Å². The highest BCUT2D eigenvalue weighted by molar-refractivity contribution is 5.94. The number of rotatable bonds is 6. The third-order valence-electron chi connectivity index (χ3n) is 6.65. The fourth-order valence-electron chi connectivity index (χ4n) is 4.86. The summed E-state index contributed by atoms with van der Waals surface area (Å²) in [7, 11) is 0. The average molecular weight is 471 g/mol. The SMILES string of the molecule is O=C(N[C@H](CC(=O)N1CCC[C@@H]1c1ccc2c(c1)OCCCO2)c1ccccc1)c1ccccc1. The molecule has 6 heteroatoms. The van der Waals surface area contributed by atoms with Crippen molar-refractivity contribution in [1.82, 2.24) is 10.2 Å². The van der Waals surface area contributed by atoms with Gasteiger partial charge in [-0.15, -0.1) is 0 Å². The molecule has 1 N–H and O–H groups in total. The van der Waals surface area contributed by atoms with Crippen LogP contribution < -0.4 is 14.8 Å². The molecule has 1 fully saturated rings. The highest BCUT2D eigenvalue weighted by Crippen LogP contribution is 2.38. The van der Waals surface area contributed by atoms with Crippen LogP contribution in [0.2, 0.25) is 0 Å². The maximum atomic E-state index is 13.6. The third-order valence-corrected chi connectivity index (χ3v) is 6.65. The van der Waals surface area contributed by atoms with Crippen molar-refractivity contribution in [2.75, 3.05) is 19.8 Å². The highest BCUT2D eigenvalue weighted by atomic mass is 16.5. The molecule has 2 heterocycles. The van der Waals surface area contributed by atoms with Crippen molar-refractivity contribution < 1.29 is 19.1 Å². The van der Waals surface area contributed by atoms with Gasteiger partial charge >= 0.3 is 0 Å². The summed E-state index contributed by atoms with van der Waals surface area (Å²) >= 11 is 0. The van der Waals surface area contributed by atoms with Crippen molar-refractivity contribution in [3.05, 3.63) is 95.6 Å². The van der Waals surface area contributed by atoms with E-state index in [1.807, 2.05) is 71.6 Å². The summed E-state index contributed by atoms with van der Waals surface area (Å²) in [5, 5.41) is 3.08. The summed E-state index contributed by atoms with van der Waals surface area (Å²) in [5.41, 5.74) is 2.55. The lowest BCUT2D eigenvalue weighted by molar-refractivity contribution is -0.132. The number of hydrogen-bond donors (Lipinski definition) is 1. The average Bonchev–Trinajstić information content (AvgIpc) is 3.28. The van der Waals surface area contributed by atoms with Gasteiger partial charge in [0.1, 0.15) is 0 Å². The molecule has 0 aromatic heterocycles. The molecule has 0 spiro atoms. The number of fused-ring (bicyclic) bond motifs is 1. The Bertz CT molecular complexity index is 1170. The number of nitrogens with zero attached hydrogens (tertiary/aromatic N) is 1. The highest BCUT2D eigenvalue weighted by Gasteiger charge is 2.32. The Morgan fingerprint density at radius 2 is 1.60 bits per heavy atom. The van der Waals surface area contributed by atoms with Crippen LogP contribution in [0.25, 0.3) is 0 Å². The van der Waals surface area contributed by atoms with E-state index in [0.29, 0.717) is 25.3 Å². The lowest BCUT2D eigenvalue weighted by Crippen LogP contribution is -2.36. The number of amides is 2. The van der Waals surface area contributed by atoms with Crippen molar-refractivity contribution in [2.45, 2.75) is 37.8 Å². The fraction of sp³-hybridized carbons (Fsp3) is 0.310. The van der Waals surface area contributed by atoms with Gasteiger partial charge in [-0.1, -0.05) is 54.6 Å². The minimum atomic E-state index is -0.415. The van der Waals surface area contributed by atoms with Crippen molar-refractivity contribution in [2.24, 2.45) is 0 Å². The van der Waals surface area contributed by atoms with Crippen molar-refractivity contribution in [3.8, 4) is 11.5 Å². The molecule has 0 unspecified atom stereocenters. The summed E-state index contributed by atoms with van der Waals surface area (Å²) in [5.74, 6) is 1.35. The Hall–Kier alpha value is -3.80. The minimum absolute atomic E-state index is 0.0131. The van der Waals surface area contributed by atoms with E-state index in [1.165, 1.54) is 0 Å². The maximum absolute atomic E-state index is 13.6. The van der Waals surface area contributed by atoms with E-state index in [1.54, 1.807) is 12.1 Å². The summed E-state index contributed by atoms with van der Waals surface area (Å²) in [6, 6.07) is 24.4. The van der Waals surface area contributed by atoms with Crippen LogP contribution in [0.3, 0.4) is 0 Å². The largest absolute Gasteiger partial charge is 0.490 e. The van der Waals surface area contributed by atoms with Gasteiger partial charge in [0.25, 0.3) is 5.91 Å². The lowest BCUT2D eigenvalue weighted by atomic mass is 10.0. The van der Waals surface area contributed by atoms with Crippen LogP contribution in [0.15, 0.2) is 78.9 Å². The van der Waals surface area contributed by atoms with Crippen LogP contribution in [-0.2, 0) is 4.79 Å². The molecular weight excluding hydrogens is 440 g/mol. The molecule has 3 aromatic carbocycles. The molecule has 0 saturated carbocycles. The van der Waals surface area contributed by atoms with Gasteiger partial charge in [-0.3, -0.25) is 9.59 Å². The molecule has 3 aromatic rings. The molecule has 35 heavy (non-hydrogen) atoms. The van der Waals surface area contributed by atoms with Gasteiger partial charge in [0, 0.05) is 18.5 Å². The van der Waals surface area contributed by atoms with Gasteiger partial charge in [0.05, 0.1) is 31.7 Å². The van der Waals surface area contributed by atoms with Crippen molar-refractivity contribution in [3.63, 3.8) is 0 Å². The number of ether oxygens (including phenoxy) is 2. The molecule has 2 atom stereocenters. The quantitative estimate of drug-likeness (QED) is 0.546. The maximum Gasteiger partial charge on any atom is 0.251 e. The zero-order valence-electron chi connectivity index (χ0n) is 19.7.